The van der Waals surface area contributed by atoms with Crippen LogP contribution in [0.4, 0.5) is 11.4 Å². The van der Waals surface area contributed by atoms with Crippen LogP contribution in [0.5, 0.6) is 0 Å². The number of hydrogen-bond donors (Lipinski definition) is 2. The number of fused-ring (bicyclic) bond motifs is 1. The first-order chi connectivity index (χ1) is 11.2. The summed E-state index contributed by atoms with van der Waals surface area (Å²) in [7, 11) is 0. The molecule has 0 bridgehead atoms. The van der Waals surface area contributed by atoms with Crippen LogP contribution in [0.3, 0.4) is 0 Å². The predicted octanol–water partition coefficient (Wildman–Crippen LogP) is 3.04. The molecule has 0 saturated heterocycles. The van der Waals surface area contributed by atoms with E-state index >= 15 is 0 Å². The largest absolute Gasteiger partial charge is 0.399 e. The van der Waals surface area contributed by atoms with Gasteiger partial charge in [0.15, 0.2) is 0 Å². The number of amides is 1. The summed E-state index contributed by atoms with van der Waals surface area (Å²) < 4.78 is 0. The van der Waals surface area contributed by atoms with Crippen molar-refractivity contribution in [2.45, 2.75) is 32.4 Å². The minimum absolute atomic E-state index is 0.0393. The summed E-state index contributed by atoms with van der Waals surface area (Å²) in [5, 5.41) is 2.99. The van der Waals surface area contributed by atoms with Crippen LogP contribution in [-0.4, -0.2) is 23.4 Å². The third-order valence-electron chi connectivity index (χ3n) is 4.44. The number of rotatable bonds is 4. The Morgan fingerprint density at radius 3 is 2.74 bits per heavy atom. The third kappa shape index (κ3) is 3.54. The molecule has 4 nitrogen and oxygen atoms in total. The highest BCUT2D eigenvalue weighted by Gasteiger charge is 2.27. The van der Waals surface area contributed by atoms with Gasteiger partial charge in [-0.25, -0.2) is 0 Å². The molecule has 3 rings (SSSR count). The lowest BCUT2D eigenvalue weighted by Crippen LogP contribution is -2.46. The van der Waals surface area contributed by atoms with Crippen molar-refractivity contribution in [2.24, 2.45) is 0 Å². The molecule has 1 aliphatic rings. The molecule has 1 aliphatic heterocycles. The molecule has 1 heterocycles. The lowest BCUT2D eigenvalue weighted by molar-refractivity contribution is -0.121. The van der Waals surface area contributed by atoms with E-state index < -0.39 is 0 Å². The van der Waals surface area contributed by atoms with Crippen LogP contribution < -0.4 is 11.1 Å². The van der Waals surface area contributed by atoms with Crippen LogP contribution in [0.15, 0.2) is 48.5 Å². The average Bonchev–Trinajstić information content (AvgIpc) is 2.55. The van der Waals surface area contributed by atoms with E-state index in [1.54, 1.807) is 6.07 Å². The molecule has 3 N–H and O–H groups in total. The van der Waals surface area contributed by atoms with E-state index in [1.807, 2.05) is 18.2 Å². The summed E-state index contributed by atoms with van der Waals surface area (Å²) >= 11 is 0. The molecule has 4 heteroatoms. The highest BCUT2D eigenvalue weighted by atomic mass is 16.2. The zero-order chi connectivity index (χ0) is 16.2. The number of hydrogen-bond acceptors (Lipinski definition) is 3. The molecule has 0 aliphatic carbocycles. The molecule has 0 spiro atoms. The van der Waals surface area contributed by atoms with Crippen LogP contribution in [0.25, 0.3) is 0 Å². The molecule has 2 aromatic rings. The maximum Gasteiger partial charge on any atom is 0.241 e. The Kier molecular flexibility index (Phi) is 4.63. The second-order valence-electron chi connectivity index (χ2n) is 6.03. The van der Waals surface area contributed by atoms with Crippen LogP contribution in [0.1, 0.15) is 24.5 Å². The van der Waals surface area contributed by atoms with Crippen molar-refractivity contribution in [1.82, 2.24) is 4.90 Å². The quantitative estimate of drug-likeness (QED) is 0.854. The van der Waals surface area contributed by atoms with Crippen molar-refractivity contribution in [3.8, 4) is 0 Å². The molecular formula is C19H23N3O. The molecule has 2 aromatic carbocycles. The Bertz CT molecular complexity index is 699. The maximum atomic E-state index is 12.7. The molecule has 0 saturated carbocycles. The average molecular weight is 309 g/mol. The molecule has 1 amide bonds. The predicted molar refractivity (Wildman–Crippen MR) is 94.1 cm³/mol. The molecule has 1 unspecified atom stereocenters. The lowest BCUT2D eigenvalue weighted by atomic mass is 9.98. The number of benzene rings is 2. The van der Waals surface area contributed by atoms with Gasteiger partial charge in [0.25, 0.3) is 0 Å². The Hall–Kier alpha value is -2.33. The van der Waals surface area contributed by atoms with Gasteiger partial charge >= 0.3 is 0 Å². The van der Waals surface area contributed by atoms with Gasteiger partial charge in [0, 0.05) is 24.5 Å². The van der Waals surface area contributed by atoms with Crippen molar-refractivity contribution in [1.29, 1.82) is 0 Å². The lowest BCUT2D eigenvalue weighted by Gasteiger charge is -2.34. The summed E-state index contributed by atoms with van der Waals surface area (Å²) in [4.78, 5) is 14.9. The Morgan fingerprint density at radius 2 is 2.00 bits per heavy atom. The van der Waals surface area contributed by atoms with Gasteiger partial charge in [0.1, 0.15) is 0 Å². The van der Waals surface area contributed by atoms with Gasteiger partial charge in [-0.05, 0) is 42.2 Å². The van der Waals surface area contributed by atoms with Crippen molar-refractivity contribution >= 4 is 17.3 Å². The first kappa shape index (κ1) is 15.6. The minimum atomic E-state index is -0.121. The fourth-order valence-corrected chi connectivity index (χ4v) is 3.23. The second kappa shape index (κ2) is 6.84. The van der Waals surface area contributed by atoms with E-state index in [0.717, 1.165) is 31.6 Å². The number of nitrogens with one attached hydrogen (secondary N) is 1. The molecule has 23 heavy (non-hydrogen) atoms. The normalized spacial score (nSPS) is 15.7. The molecule has 0 aromatic heterocycles. The van der Waals surface area contributed by atoms with Gasteiger partial charge in [-0.1, -0.05) is 37.3 Å². The van der Waals surface area contributed by atoms with Gasteiger partial charge in [-0.15, -0.1) is 0 Å². The number of nitrogens with zero attached hydrogens (tertiary/aromatic N) is 1. The molecule has 120 valence electrons. The van der Waals surface area contributed by atoms with Gasteiger partial charge in [-0.3, -0.25) is 9.69 Å². The van der Waals surface area contributed by atoms with Gasteiger partial charge < -0.3 is 11.1 Å². The van der Waals surface area contributed by atoms with Crippen LogP contribution >= 0.6 is 0 Å². The standard InChI is InChI=1S/C19H23N3O/c1-2-18(19(23)21-17-9-5-8-16(20)12-17)22-11-10-14-6-3-4-7-15(14)13-22/h3-9,12,18H,2,10-11,13,20H2,1H3,(H,21,23). The number of carbonyl (C=O) groups is 1. The molecule has 1 atom stereocenters. The molecular weight excluding hydrogens is 286 g/mol. The summed E-state index contributed by atoms with van der Waals surface area (Å²) in [6.07, 6.45) is 1.79. The van der Waals surface area contributed by atoms with Crippen LogP contribution in [0, 0.1) is 0 Å². The topological polar surface area (TPSA) is 58.4 Å². The second-order valence-corrected chi connectivity index (χ2v) is 6.03. The Morgan fingerprint density at radius 1 is 1.22 bits per heavy atom. The highest BCUT2D eigenvalue weighted by molar-refractivity contribution is 5.95. The van der Waals surface area contributed by atoms with E-state index in [2.05, 4.69) is 41.4 Å². The highest BCUT2D eigenvalue weighted by Crippen LogP contribution is 2.22. The monoisotopic (exact) mass is 309 g/mol. The van der Waals surface area contributed by atoms with Crippen molar-refractivity contribution in [3.63, 3.8) is 0 Å². The maximum absolute atomic E-state index is 12.7. The van der Waals surface area contributed by atoms with Crippen molar-refractivity contribution < 1.29 is 4.79 Å². The van der Waals surface area contributed by atoms with E-state index in [1.165, 1.54) is 11.1 Å². The number of nitrogens with two attached hydrogens (primary N) is 1. The summed E-state index contributed by atoms with van der Waals surface area (Å²) in [5.74, 6) is 0.0393. The number of nitrogen functional groups attached to an aromatic ring is 1. The zero-order valence-electron chi connectivity index (χ0n) is 13.5. The summed E-state index contributed by atoms with van der Waals surface area (Å²) in [5.41, 5.74) is 9.91. The number of anilines is 2. The zero-order valence-corrected chi connectivity index (χ0v) is 13.5. The van der Waals surface area contributed by atoms with E-state index in [0.29, 0.717) is 5.69 Å². The number of carbonyl (C=O) groups excluding carboxylic acids is 1. The fourth-order valence-electron chi connectivity index (χ4n) is 3.23. The van der Waals surface area contributed by atoms with Crippen LogP contribution in [-0.2, 0) is 17.8 Å². The van der Waals surface area contributed by atoms with Gasteiger partial charge in [0.05, 0.1) is 6.04 Å². The van der Waals surface area contributed by atoms with Crippen molar-refractivity contribution in [3.05, 3.63) is 59.7 Å². The molecule has 0 fully saturated rings. The summed E-state index contributed by atoms with van der Waals surface area (Å²) in [6, 6.07) is 15.7. The van der Waals surface area contributed by atoms with Gasteiger partial charge in [-0.2, -0.15) is 0 Å². The van der Waals surface area contributed by atoms with Gasteiger partial charge in [0.2, 0.25) is 5.91 Å². The fraction of sp³-hybridized carbons (Fsp3) is 0.316. The smallest absolute Gasteiger partial charge is 0.241 e. The van der Waals surface area contributed by atoms with E-state index in [9.17, 15) is 4.79 Å². The van der Waals surface area contributed by atoms with Crippen molar-refractivity contribution in [2.75, 3.05) is 17.6 Å². The SMILES string of the molecule is CCC(C(=O)Nc1cccc(N)c1)N1CCc2ccccc2C1. The van der Waals surface area contributed by atoms with E-state index in [-0.39, 0.29) is 11.9 Å². The summed E-state index contributed by atoms with van der Waals surface area (Å²) in [6.45, 7) is 3.81. The Balaban J connectivity index is 1.71. The van der Waals surface area contributed by atoms with Crippen LogP contribution in [0.2, 0.25) is 0 Å². The van der Waals surface area contributed by atoms with E-state index in [4.69, 9.17) is 5.73 Å². The Labute approximate surface area is 137 Å². The third-order valence-corrected chi connectivity index (χ3v) is 4.44. The minimum Gasteiger partial charge on any atom is -0.399 e. The molecule has 0 radical (unpaired) electrons. The first-order valence-electron chi connectivity index (χ1n) is 8.14. The first-order valence-corrected chi connectivity index (χ1v) is 8.14.